The topological polar surface area (TPSA) is 59.7 Å². The SMILES string of the molecule is Cc1cc([C@@]2(C)CCCN(C(=O)OC(C)(C)C)C2)n2nc(C3CCC(C(F)(F)F)CC3)cc2n1. The summed E-state index contributed by atoms with van der Waals surface area (Å²) >= 11 is 0. The van der Waals surface area contributed by atoms with E-state index in [1.54, 1.807) is 4.90 Å². The number of ether oxygens (including phenoxy) is 1. The van der Waals surface area contributed by atoms with Crippen molar-refractivity contribution in [3.63, 3.8) is 0 Å². The molecule has 188 valence electrons. The van der Waals surface area contributed by atoms with E-state index in [0.717, 1.165) is 29.9 Å². The van der Waals surface area contributed by atoms with Gasteiger partial charge in [0.05, 0.1) is 17.3 Å². The van der Waals surface area contributed by atoms with Crippen molar-refractivity contribution in [2.45, 2.75) is 96.3 Å². The van der Waals surface area contributed by atoms with Crippen LogP contribution in [0, 0.1) is 12.8 Å². The molecule has 2 fully saturated rings. The maximum absolute atomic E-state index is 13.1. The number of carbonyl (C=O) groups excluding carboxylic acids is 1. The number of alkyl halides is 3. The molecule has 1 aliphatic carbocycles. The van der Waals surface area contributed by atoms with Crippen molar-refractivity contribution in [2.75, 3.05) is 13.1 Å². The summed E-state index contributed by atoms with van der Waals surface area (Å²) in [5, 5.41) is 4.85. The summed E-state index contributed by atoms with van der Waals surface area (Å²) in [6.45, 7) is 10.8. The molecule has 9 heteroatoms. The Morgan fingerprint density at radius 3 is 2.44 bits per heavy atom. The number of fused-ring (bicyclic) bond motifs is 1. The molecule has 1 aliphatic heterocycles. The second kappa shape index (κ2) is 8.72. The number of carbonyl (C=O) groups is 1. The minimum absolute atomic E-state index is 0.00544. The molecule has 4 rings (SSSR count). The van der Waals surface area contributed by atoms with Gasteiger partial charge in [0.1, 0.15) is 5.60 Å². The monoisotopic (exact) mass is 480 g/mol. The molecule has 0 spiro atoms. The highest BCUT2D eigenvalue weighted by molar-refractivity contribution is 5.68. The Bertz CT molecular complexity index is 1050. The van der Waals surface area contributed by atoms with Crippen molar-refractivity contribution in [1.29, 1.82) is 0 Å². The largest absolute Gasteiger partial charge is 0.444 e. The third-order valence-electron chi connectivity index (χ3n) is 7.15. The summed E-state index contributed by atoms with van der Waals surface area (Å²) in [5.74, 6) is -1.21. The molecule has 0 radical (unpaired) electrons. The van der Waals surface area contributed by atoms with E-state index in [2.05, 4.69) is 11.9 Å². The lowest BCUT2D eigenvalue weighted by molar-refractivity contribution is -0.182. The van der Waals surface area contributed by atoms with Gasteiger partial charge in [-0.05, 0) is 72.3 Å². The summed E-state index contributed by atoms with van der Waals surface area (Å²) in [7, 11) is 0. The van der Waals surface area contributed by atoms with E-state index in [1.807, 2.05) is 44.3 Å². The minimum atomic E-state index is -4.12. The van der Waals surface area contributed by atoms with E-state index in [9.17, 15) is 18.0 Å². The van der Waals surface area contributed by atoms with Gasteiger partial charge in [-0.3, -0.25) is 0 Å². The second-order valence-electron chi connectivity index (χ2n) is 11.3. The van der Waals surface area contributed by atoms with Crippen molar-refractivity contribution in [2.24, 2.45) is 5.92 Å². The smallest absolute Gasteiger partial charge is 0.410 e. The minimum Gasteiger partial charge on any atom is -0.444 e. The summed E-state index contributed by atoms with van der Waals surface area (Å²) in [4.78, 5) is 19.2. The Morgan fingerprint density at radius 2 is 1.82 bits per heavy atom. The lowest BCUT2D eigenvalue weighted by Gasteiger charge is -2.41. The van der Waals surface area contributed by atoms with Gasteiger partial charge >= 0.3 is 12.3 Å². The van der Waals surface area contributed by atoms with E-state index >= 15 is 0 Å². The van der Waals surface area contributed by atoms with Gasteiger partial charge in [0.25, 0.3) is 0 Å². The number of nitrogens with zero attached hydrogens (tertiary/aromatic N) is 4. The Balaban J connectivity index is 1.60. The van der Waals surface area contributed by atoms with Crippen LogP contribution in [0.4, 0.5) is 18.0 Å². The summed E-state index contributed by atoms with van der Waals surface area (Å²) < 4.78 is 46.7. The third-order valence-corrected chi connectivity index (χ3v) is 7.15. The van der Waals surface area contributed by atoms with Crippen LogP contribution in [0.1, 0.15) is 89.2 Å². The van der Waals surface area contributed by atoms with Gasteiger partial charge in [-0.25, -0.2) is 14.3 Å². The Morgan fingerprint density at radius 1 is 1.15 bits per heavy atom. The molecule has 34 heavy (non-hydrogen) atoms. The van der Waals surface area contributed by atoms with E-state index in [1.165, 1.54) is 0 Å². The normalized spacial score (nSPS) is 26.6. The molecule has 0 N–H and O–H groups in total. The molecule has 3 heterocycles. The van der Waals surface area contributed by atoms with Gasteiger partial charge in [-0.2, -0.15) is 18.3 Å². The van der Waals surface area contributed by atoms with Crippen molar-refractivity contribution in [3.05, 3.63) is 29.2 Å². The van der Waals surface area contributed by atoms with E-state index < -0.39 is 17.7 Å². The van der Waals surface area contributed by atoms with Gasteiger partial charge in [0.2, 0.25) is 0 Å². The fourth-order valence-electron chi connectivity index (χ4n) is 5.39. The molecule has 1 amide bonds. The number of halogens is 3. The highest BCUT2D eigenvalue weighted by Gasteiger charge is 2.42. The van der Waals surface area contributed by atoms with Crippen molar-refractivity contribution in [3.8, 4) is 0 Å². The molecular weight excluding hydrogens is 445 g/mol. The van der Waals surface area contributed by atoms with Crippen LogP contribution in [0.3, 0.4) is 0 Å². The van der Waals surface area contributed by atoms with Crippen LogP contribution in [-0.4, -0.2) is 50.5 Å². The summed E-state index contributed by atoms with van der Waals surface area (Å²) in [6.07, 6.45) is -1.47. The summed E-state index contributed by atoms with van der Waals surface area (Å²) in [5.41, 5.74) is 2.43. The quantitative estimate of drug-likeness (QED) is 0.516. The standard InChI is InChI=1S/C25H35F3N4O2/c1-16-13-20(24(5)11-6-12-31(15-24)22(33)34-23(2,3)4)32-21(29-16)14-19(30-32)17-7-9-18(10-8-17)25(26,27)28/h13-14,17-18H,6-12,15H2,1-5H3/t17?,18?,24-/m0/s1. The lowest BCUT2D eigenvalue weighted by atomic mass is 9.78. The molecule has 1 saturated carbocycles. The molecule has 2 aromatic rings. The first-order chi connectivity index (χ1) is 15.7. The van der Waals surface area contributed by atoms with Gasteiger partial charge in [-0.15, -0.1) is 0 Å². The van der Waals surface area contributed by atoms with Crippen LogP contribution in [0.2, 0.25) is 0 Å². The Hall–Kier alpha value is -2.32. The van der Waals surface area contributed by atoms with Gasteiger partial charge < -0.3 is 9.64 Å². The van der Waals surface area contributed by atoms with Crippen LogP contribution in [-0.2, 0) is 10.2 Å². The Labute approximate surface area is 198 Å². The van der Waals surface area contributed by atoms with Crippen LogP contribution in [0.5, 0.6) is 0 Å². The molecule has 6 nitrogen and oxygen atoms in total. The predicted octanol–water partition coefficient (Wildman–Crippen LogP) is 6.16. The number of hydrogen-bond acceptors (Lipinski definition) is 4. The second-order valence-corrected chi connectivity index (χ2v) is 11.3. The van der Waals surface area contributed by atoms with Crippen LogP contribution in [0.25, 0.3) is 5.65 Å². The zero-order valence-electron chi connectivity index (χ0n) is 20.7. The van der Waals surface area contributed by atoms with Gasteiger partial charge in [0, 0.05) is 36.2 Å². The lowest BCUT2D eigenvalue weighted by Crippen LogP contribution is -2.49. The highest BCUT2D eigenvalue weighted by Crippen LogP contribution is 2.43. The number of piperidine rings is 1. The predicted molar refractivity (Wildman–Crippen MR) is 123 cm³/mol. The molecule has 2 aliphatic rings. The molecule has 1 atom stereocenters. The fraction of sp³-hybridized carbons (Fsp3) is 0.720. The van der Waals surface area contributed by atoms with Crippen LogP contribution in [0.15, 0.2) is 12.1 Å². The highest BCUT2D eigenvalue weighted by atomic mass is 19.4. The van der Waals surface area contributed by atoms with E-state index in [-0.39, 0.29) is 30.3 Å². The van der Waals surface area contributed by atoms with Crippen LogP contribution < -0.4 is 0 Å². The number of aromatic nitrogens is 3. The van der Waals surface area contributed by atoms with Crippen molar-refractivity contribution >= 4 is 11.7 Å². The number of hydrogen-bond donors (Lipinski definition) is 0. The first kappa shape index (κ1) is 24.8. The van der Waals surface area contributed by atoms with E-state index in [0.29, 0.717) is 31.6 Å². The fourth-order valence-corrected chi connectivity index (χ4v) is 5.39. The number of amides is 1. The molecule has 0 bridgehead atoms. The Kier molecular flexibility index (Phi) is 6.36. The molecule has 0 aromatic carbocycles. The average molecular weight is 481 g/mol. The first-order valence-corrected chi connectivity index (χ1v) is 12.2. The zero-order valence-corrected chi connectivity index (χ0v) is 20.7. The maximum atomic E-state index is 13.1. The number of rotatable bonds is 2. The molecule has 0 unspecified atom stereocenters. The van der Waals surface area contributed by atoms with Crippen molar-refractivity contribution < 1.29 is 22.7 Å². The average Bonchev–Trinajstić information content (AvgIpc) is 3.15. The van der Waals surface area contributed by atoms with Gasteiger partial charge in [-0.1, -0.05) is 6.92 Å². The molecule has 1 saturated heterocycles. The molecule has 2 aromatic heterocycles. The van der Waals surface area contributed by atoms with Gasteiger partial charge in [0.15, 0.2) is 5.65 Å². The molecular formula is C25H35F3N4O2. The van der Waals surface area contributed by atoms with Crippen LogP contribution >= 0.6 is 0 Å². The number of likely N-dealkylation sites (tertiary alicyclic amines) is 1. The number of aryl methyl sites for hydroxylation is 1. The maximum Gasteiger partial charge on any atom is 0.410 e. The summed E-state index contributed by atoms with van der Waals surface area (Å²) in [6, 6.07) is 3.94. The van der Waals surface area contributed by atoms with E-state index in [4.69, 9.17) is 9.84 Å². The third kappa shape index (κ3) is 5.18. The zero-order chi connectivity index (χ0) is 24.9. The van der Waals surface area contributed by atoms with Crippen molar-refractivity contribution in [1.82, 2.24) is 19.5 Å². The first-order valence-electron chi connectivity index (χ1n) is 12.2.